The summed E-state index contributed by atoms with van der Waals surface area (Å²) in [7, 11) is 0. The molecular weight excluding hydrogens is 446 g/mol. The number of aryl methyl sites for hydroxylation is 2. The molecule has 0 fully saturated rings. The molecule has 33 heavy (non-hydrogen) atoms. The van der Waals surface area contributed by atoms with E-state index in [0.717, 1.165) is 16.3 Å². The predicted octanol–water partition coefficient (Wildman–Crippen LogP) is 3.22. The van der Waals surface area contributed by atoms with E-state index >= 15 is 0 Å². The largest absolute Gasteiger partial charge is 0.548 e. The van der Waals surface area contributed by atoms with E-state index in [4.69, 9.17) is 20.4 Å². The summed E-state index contributed by atoms with van der Waals surface area (Å²) in [5.74, 6) is -1.89. The van der Waals surface area contributed by atoms with Crippen LogP contribution in [-0.4, -0.2) is 17.9 Å². The summed E-state index contributed by atoms with van der Waals surface area (Å²) in [6.45, 7) is 3.73. The second-order valence-corrected chi connectivity index (χ2v) is 8.46. The van der Waals surface area contributed by atoms with Gasteiger partial charge >= 0.3 is 5.63 Å². The monoisotopic (exact) mass is 466 g/mol. The van der Waals surface area contributed by atoms with Crippen LogP contribution in [0, 0.1) is 13.8 Å². The number of amides is 1. The van der Waals surface area contributed by atoms with Crippen LogP contribution in [0.4, 0.5) is 0 Å². The molecule has 7 nitrogen and oxygen atoms in total. The highest BCUT2D eigenvalue weighted by molar-refractivity contribution is 6.30. The molecular formula is C25H21ClNO6-. The number of fused-ring (bicyclic) bond motifs is 2. The topological polar surface area (TPSA) is 113 Å². The Hall–Kier alpha value is -3.58. The van der Waals surface area contributed by atoms with Crippen molar-refractivity contribution in [3.05, 3.63) is 80.4 Å². The van der Waals surface area contributed by atoms with E-state index in [2.05, 4.69) is 5.32 Å². The fourth-order valence-electron chi connectivity index (χ4n) is 3.88. The molecule has 0 bridgehead atoms. The van der Waals surface area contributed by atoms with Crippen molar-refractivity contribution < 1.29 is 23.5 Å². The van der Waals surface area contributed by atoms with E-state index in [9.17, 15) is 19.5 Å². The van der Waals surface area contributed by atoms with Crippen LogP contribution in [0.15, 0.2) is 56.3 Å². The van der Waals surface area contributed by atoms with E-state index in [1.54, 1.807) is 43.5 Å². The molecule has 8 heteroatoms. The number of aliphatic carboxylic acids is 1. The second kappa shape index (κ2) is 9.11. The lowest BCUT2D eigenvalue weighted by Gasteiger charge is -2.20. The van der Waals surface area contributed by atoms with Crippen molar-refractivity contribution in [1.82, 2.24) is 5.32 Å². The van der Waals surface area contributed by atoms with Gasteiger partial charge in [0.1, 0.15) is 11.2 Å². The molecule has 0 saturated carbocycles. The van der Waals surface area contributed by atoms with Gasteiger partial charge in [0.05, 0.1) is 18.3 Å². The number of hydrogen-bond donors (Lipinski definition) is 1. The minimum atomic E-state index is -1.39. The summed E-state index contributed by atoms with van der Waals surface area (Å²) >= 11 is 5.85. The van der Waals surface area contributed by atoms with Gasteiger partial charge in [0.2, 0.25) is 5.91 Å². The smallest absolute Gasteiger partial charge is 0.339 e. The van der Waals surface area contributed by atoms with Gasteiger partial charge in [-0.15, -0.1) is 0 Å². The first-order chi connectivity index (χ1) is 15.7. The molecule has 2 heterocycles. The van der Waals surface area contributed by atoms with Crippen molar-refractivity contribution in [2.45, 2.75) is 39.2 Å². The zero-order chi connectivity index (χ0) is 23.7. The summed E-state index contributed by atoms with van der Waals surface area (Å²) in [6.07, 6.45) is 1.73. The van der Waals surface area contributed by atoms with Gasteiger partial charge in [-0.1, -0.05) is 23.7 Å². The molecule has 1 N–H and O–H groups in total. The summed E-state index contributed by atoms with van der Waals surface area (Å²) in [5, 5.41) is 16.2. The van der Waals surface area contributed by atoms with Gasteiger partial charge in [-0.2, -0.15) is 0 Å². The van der Waals surface area contributed by atoms with Crippen molar-refractivity contribution in [2.24, 2.45) is 0 Å². The maximum absolute atomic E-state index is 12.6. The number of rotatable bonds is 7. The lowest BCUT2D eigenvalue weighted by atomic mass is 10.0. The van der Waals surface area contributed by atoms with Crippen LogP contribution in [0.2, 0.25) is 5.02 Å². The highest BCUT2D eigenvalue weighted by atomic mass is 35.5. The molecule has 0 aliphatic rings. The number of halogens is 1. The molecule has 0 saturated heterocycles. The quantitative estimate of drug-likeness (QED) is 0.418. The Morgan fingerprint density at radius 3 is 2.52 bits per heavy atom. The molecule has 4 rings (SSSR count). The van der Waals surface area contributed by atoms with Gasteiger partial charge < -0.3 is 24.1 Å². The normalized spacial score (nSPS) is 12.2. The minimum Gasteiger partial charge on any atom is -0.548 e. The van der Waals surface area contributed by atoms with Crippen LogP contribution in [0.1, 0.15) is 28.7 Å². The molecule has 0 spiro atoms. The van der Waals surface area contributed by atoms with E-state index in [-0.39, 0.29) is 19.3 Å². The lowest BCUT2D eigenvalue weighted by Crippen LogP contribution is -2.49. The van der Waals surface area contributed by atoms with Crippen LogP contribution in [0.3, 0.4) is 0 Å². The van der Waals surface area contributed by atoms with Gasteiger partial charge in [-0.3, -0.25) is 4.79 Å². The third kappa shape index (κ3) is 4.78. The van der Waals surface area contributed by atoms with Crippen LogP contribution in [-0.2, 0) is 22.4 Å². The highest BCUT2D eigenvalue weighted by Gasteiger charge is 2.18. The third-order valence-corrected chi connectivity index (χ3v) is 6.00. The SMILES string of the molecule is Cc1coc2cc3oc(=O)c(CCC(=O)N[C@@H](Cc4ccc(Cl)cc4)C(=O)[O-])c(C)c3cc12. The number of carbonyl (C=O) groups excluding carboxylic acids is 2. The Balaban J connectivity index is 1.50. The van der Waals surface area contributed by atoms with E-state index < -0.39 is 23.5 Å². The van der Waals surface area contributed by atoms with Crippen molar-refractivity contribution in [3.63, 3.8) is 0 Å². The van der Waals surface area contributed by atoms with Crippen LogP contribution >= 0.6 is 11.6 Å². The number of carboxylic acid groups (broad SMARTS) is 1. The first-order valence-corrected chi connectivity index (χ1v) is 10.8. The first-order valence-electron chi connectivity index (χ1n) is 10.4. The van der Waals surface area contributed by atoms with E-state index in [0.29, 0.717) is 32.9 Å². The van der Waals surface area contributed by atoms with Gasteiger partial charge in [0.15, 0.2) is 0 Å². The van der Waals surface area contributed by atoms with Crippen molar-refractivity contribution in [2.75, 3.05) is 0 Å². The molecule has 0 radical (unpaired) electrons. The van der Waals surface area contributed by atoms with Crippen molar-refractivity contribution in [1.29, 1.82) is 0 Å². The predicted molar refractivity (Wildman–Crippen MR) is 122 cm³/mol. The lowest BCUT2D eigenvalue weighted by molar-refractivity contribution is -0.308. The van der Waals surface area contributed by atoms with Crippen molar-refractivity contribution >= 4 is 45.4 Å². The summed E-state index contributed by atoms with van der Waals surface area (Å²) in [4.78, 5) is 36.6. The number of carboxylic acids is 1. The second-order valence-electron chi connectivity index (χ2n) is 8.03. The van der Waals surface area contributed by atoms with Crippen LogP contribution in [0.5, 0.6) is 0 Å². The summed E-state index contributed by atoms with van der Waals surface area (Å²) in [5.41, 5.74) is 3.26. The maximum Gasteiger partial charge on any atom is 0.339 e. The summed E-state index contributed by atoms with van der Waals surface area (Å²) in [6, 6.07) is 9.05. The van der Waals surface area contributed by atoms with Gasteiger partial charge in [-0.05, 0) is 61.6 Å². The number of hydrogen-bond acceptors (Lipinski definition) is 6. The molecule has 1 amide bonds. The number of carbonyl (C=O) groups is 2. The Labute approximate surface area is 194 Å². The Morgan fingerprint density at radius 2 is 1.82 bits per heavy atom. The zero-order valence-corrected chi connectivity index (χ0v) is 18.8. The van der Waals surface area contributed by atoms with Gasteiger partial charge in [0, 0.05) is 33.8 Å². The van der Waals surface area contributed by atoms with E-state index in [1.165, 1.54) is 0 Å². The minimum absolute atomic E-state index is 0.0580. The molecule has 0 aliphatic carbocycles. The molecule has 170 valence electrons. The average molecular weight is 467 g/mol. The Morgan fingerprint density at radius 1 is 1.09 bits per heavy atom. The number of benzene rings is 2. The number of nitrogens with one attached hydrogen (secondary N) is 1. The first kappa shape index (κ1) is 22.6. The maximum atomic E-state index is 12.6. The third-order valence-electron chi connectivity index (χ3n) is 5.75. The molecule has 0 aliphatic heterocycles. The standard InChI is InChI=1S/C25H22ClNO6/c1-13-12-32-21-11-22-19(10-18(13)21)14(2)17(25(31)33-22)7-8-23(28)27-20(24(29)30)9-15-3-5-16(26)6-4-15/h3-6,10-12,20H,7-9H2,1-2H3,(H,27,28)(H,29,30)/p-1/t20-/m0/s1. The van der Waals surface area contributed by atoms with Gasteiger partial charge in [-0.25, -0.2) is 4.79 Å². The average Bonchev–Trinajstić information content (AvgIpc) is 3.13. The molecule has 2 aromatic carbocycles. The van der Waals surface area contributed by atoms with Crippen LogP contribution < -0.4 is 16.0 Å². The summed E-state index contributed by atoms with van der Waals surface area (Å²) < 4.78 is 10.9. The highest BCUT2D eigenvalue weighted by Crippen LogP contribution is 2.29. The van der Waals surface area contributed by atoms with E-state index in [1.807, 2.05) is 13.0 Å². The van der Waals surface area contributed by atoms with Gasteiger partial charge in [0.25, 0.3) is 0 Å². The zero-order valence-electron chi connectivity index (χ0n) is 18.1. The number of furan rings is 1. The Bertz CT molecular complexity index is 1420. The van der Waals surface area contributed by atoms with Crippen LogP contribution in [0.25, 0.3) is 21.9 Å². The fraction of sp³-hybridized carbons (Fsp3) is 0.240. The molecule has 2 aromatic heterocycles. The molecule has 0 unspecified atom stereocenters. The van der Waals surface area contributed by atoms with Crippen molar-refractivity contribution in [3.8, 4) is 0 Å². The Kier molecular flexibility index (Phi) is 6.24. The fourth-order valence-corrected chi connectivity index (χ4v) is 4.01. The molecule has 4 aromatic rings. The molecule has 1 atom stereocenters.